The second-order valence-electron chi connectivity index (χ2n) is 18.1. The summed E-state index contributed by atoms with van der Waals surface area (Å²) < 4.78 is 16.8. The number of carbonyl (C=O) groups is 3. The molecule has 0 saturated carbocycles. The molecule has 0 aromatic carbocycles. The van der Waals surface area contributed by atoms with Crippen LogP contribution in [0.3, 0.4) is 0 Å². The molecule has 0 aliphatic carbocycles. The third-order valence-electron chi connectivity index (χ3n) is 11.4. The summed E-state index contributed by atoms with van der Waals surface area (Å²) in [5.74, 6) is -1.02. The summed E-state index contributed by atoms with van der Waals surface area (Å²) in [6, 6.07) is 0. The second kappa shape index (κ2) is 58.3. The van der Waals surface area contributed by atoms with E-state index >= 15 is 0 Å². The second-order valence-corrected chi connectivity index (χ2v) is 18.1. The van der Waals surface area contributed by atoms with Crippen LogP contribution in [-0.4, -0.2) is 37.2 Å². The van der Waals surface area contributed by atoms with Crippen molar-refractivity contribution < 1.29 is 28.6 Å². The molecule has 6 heteroatoms. The standard InChI is InChI=1S/C66H100O6/c1-4-7-10-13-16-19-22-25-28-31-33-35-38-41-44-47-50-53-56-59-65(68)71-62-63(61-70-64(67)58-55-52-49-46-43-40-37-30-27-24-21-18-15-12-9-6-3)72-66(69)60-57-54-51-48-45-42-39-36-34-32-29-26-23-20-17-14-11-8-5-2/h7-8,10-11,13-14,16-17,19-20,22-23,25-26,28-29,31-36,38-39,41-42,44-45,63H,4-6,9,12,15,18,21,24,27,30,37,40,43,46-62H2,1-3H3/b10-7-,11-8-,16-13-,17-14-,22-19-,23-20-,28-25-,29-26-,33-31+,34-32+,38-35-,39-36-,44-41-,45-42-. The molecule has 0 bridgehead atoms. The predicted octanol–water partition coefficient (Wildman–Crippen LogP) is 19.1. The van der Waals surface area contributed by atoms with Gasteiger partial charge in [-0.3, -0.25) is 14.4 Å². The fraction of sp³-hybridized carbons (Fsp3) is 0.530. The van der Waals surface area contributed by atoms with Crippen LogP contribution in [0.5, 0.6) is 0 Å². The van der Waals surface area contributed by atoms with E-state index in [1.807, 2.05) is 146 Å². The van der Waals surface area contributed by atoms with E-state index in [1.54, 1.807) is 0 Å². The molecule has 0 heterocycles. The lowest BCUT2D eigenvalue weighted by Crippen LogP contribution is -2.30. The van der Waals surface area contributed by atoms with Gasteiger partial charge in [-0.1, -0.05) is 300 Å². The van der Waals surface area contributed by atoms with Crippen molar-refractivity contribution in [2.75, 3.05) is 13.2 Å². The Kier molecular flexibility index (Phi) is 54.1. The van der Waals surface area contributed by atoms with E-state index in [4.69, 9.17) is 14.2 Å². The number of allylic oxidation sites excluding steroid dienone is 28. The number of unbranched alkanes of at least 4 members (excludes halogenated alkanes) is 21. The Morgan fingerprint density at radius 3 is 0.847 bits per heavy atom. The van der Waals surface area contributed by atoms with Crippen LogP contribution < -0.4 is 0 Å². The molecule has 0 aliphatic heterocycles. The number of esters is 3. The van der Waals surface area contributed by atoms with Gasteiger partial charge in [-0.2, -0.15) is 0 Å². The van der Waals surface area contributed by atoms with Crippen LogP contribution >= 0.6 is 0 Å². The van der Waals surface area contributed by atoms with Crippen molar-refractivity contribution in [2.24, 2.45) is 0 Å². The number of ether oxygens (including phenoxy) is 3. The molecular weight excluding hydrogens is 889 g/mol. The maximum absolute atomic E-state index is 12.9. The lowest BCUT2D eigenvalue weighted by molar-refractivity contribution is -0.167. The summed E-state index contributed by atoms with van der Waals surface area (Å²) in [4.78, 5) is 38.2. The van der Waals surface area contributed by atoms with E-state index in [9.17, 15) is 14.4 Å². The highest BCUT2D eigenvalue weighted by Crippen LogP contribution is 2.15. The van der Waals surface area contributed by atoms with Gasteiger partial charge in [0.2, 0.25) is 0 Å². The van der Waals surface area contributed by atoms with Crippen LogP contribution in [0.15, 0.2) is 170 Å². The molecule has 0 aromatic rings. The maximum Gasteiger partial charge on any atom is 0.306 e. The van der Waals surface area contributed by atoms with Crippen molar-refractivity contribution in [3.8, 4) is 0 Å². The average molecular weight is 990 g/mol. The van der Waals surface area contributed by atoms with E-state index in [1.165, 1.54) is 83.5 Å². The monoisotopic (exact) mass is 989 g/mol. The van der Waals surface area contributed by atoms with Crippen LogP contribution in [0, 0.1) is 0 Å². The minimum atomic E-state index is -0.830. The van der Waals surface area contributed by atoms with E-state index in [0.29, 0.717) is 19.3 Å². The van der Waals surface area contributed by atoms with Crippen molar-refractivity contribution >= 4 is 17.9 Å². The first kappa shape index (κ1) is 66.8. The molecule has 0 N–H and O–H groups in total. The van der Waals surface area contributed by atoms with Crippen molar-refractivity contribution in [1.82, 2.24) is 0 Å². The Labute approximate surface area is 441 Å². The van der Waals surface area contributed by atoms with Gasteiger partial charge in [0.25, 0.3) is 0 Å². The zero-order chi connectivity index (χ0) is 52.2. The third kappa shape index (κ3) is 55.7. The summed E-state index contributed by atoms with van der Waals surface area (Å²) >= 11 is 0. The van der Waals surface area contributed by atoms with Gasteiger partial charge in [0, 0.05) is 19.3 Å². The van der Waals surface area contributed by atoms with Gasteiger partial charge in [-0.15, -0.1) is 0 Å². The number of hydrogen-bond donors (Lipinski definition) is 0. The van der Waals surface area contributed by atoms with Gasteiger partial charge < -0.3 is 14.2 Å². The fourth-order valence-corrected chi connectivity index (χ4v) is 7.17. The minimum absolute atomic E-state index is 0.119. The molecule has 1 atom stereocenters. The maximum atomic E-state index is 12.9. The van der Waals surface area contributed by atoms with Crippen molar-refractivity contribution in [2.45, 2.75) is 213 Å². The first-order valence-electron chi connectivity index (χ1n) is 28.3. The van der Waals surface area contributed by atoms with Crippen molar-refractivity contribution in [3.63, 3.8) is 0 Å². The molecule has 0 aliphatic rings. The predicted molar refractivity (Wildman–Crippen MR) is 311 cm³/mol. The van der Waals surface area contributed by atoms with Crippen molar-refractivity contribution in [3.05, 3.63) is 170 Å². The highest BCUT2D eigenvalue weighted by molar-refractivity contribution is 5.71. The number of hydrogen-bond acceptors (Lipinski definition) is 6. The van der Waals surface area contributed by atoms with Gasteiger partial charge in [0.1, 0.15) is 13.2 Å². The molecule has 0 spiro atoms. The van der Waals surface area contributed by atoms with E-state index in [0.717, 1.165) is 70.6 Å². The van der Waals surface area contributed by atoms with Gasteiger partial charge in [-0.25, -0.2) is 0 Å². The van der Waals surface area contributed by atoms with E-state index in [-0.39, 0.29) is 44.0 Å². The van der Waals surface area contributed by atoms with Gasteiger partial charge in [0.15, 0.2) is 6.10 Å². The largest absolute Gasteiger partial charge is 0.462 e. The Morgan fingerprint density at radius 2 is 0.542 bits per heavy atom. The molecule has 0 radical (unpaired) electrons. The first-order chi connectivity index (χ1) is 35.5. The molecule has 0 amide bonds. The fourth-order valence-electron chi connectivity index (χ4n) is 7.17. The highest BCUT2D eigenvalue weighted by Gasteiger charge is 2.19. The van der Waals surface area contributed by atoms with Gasteiger partial charge in [-0.05, 0) is 57.8 Å². The zero-order valence-corrected chi connectivity index (χ0v) is 45.6. The van der Waals surface area contributed by atoms with Crippen molar-refractivity contribution in [1.29, 1.82) is 0 Å². The average Bonchev–Trinajstić information content (AvgIpc) is 3.38. The Hall–Kier alpha value is -5.23. The molecule has 0 fully saturated rings. The summed E-state index contributed by atoms with van der Waals surface area (Å²) in [5.41, 5.74) is 0. The molecule has 6 nitrogen and oxygen atoms in total. The molecule has 1 unspecified atom stereocenters. The number of rotatable bonds is 48. The molecule has 0 rings (SSSR count). The number of carbonyl (C=O) groups excluding carboxylic acids is 3. The Balaban J connectivity index is 4.63. The molecule has 400 valence electrons. The van der Waals surface area contributed by atoms with Crippen LogP contribution in [0.4, 0.5) is 0 Å². The lowest BCUT2D eigenvalue weighted by Gasteiger charge is -2.18. The van der Waals surface area contributed by atoms with Crippen LogP contribution in [-0.2, 0) is 28.6 Å². The topological polar surface area (TPSA) is 78.9 Å². The van der Waals surface area contributed by atoms with E-state index < -0.39 is 6.10 Å². The SMILES string of the molecule is CC\C=C/C=C\C=C/C=C\C=C\C=C/C=C\CCCCCC(=O)OCC(COC(=O)CCCCCCCCCCCCCCCCCC)OC(=O)CCCCC\C=C/C=C\C=C\C=C/C=C\C=C/C=C\CC. The van der Waals surface area contributed by atoms with Gasteiger partial charge >= 0.3 is 17.9 Å². The summed E-state index contributed by atoms with van der Waals surface area (Å²) in [6.45, 7) is 6.26. The first-order valence-corrected chi connectivity index (χ1v) is 28.3. The quantitative estimate of drug-likeness (QED) is 0.0262. The summed E-state index contributed by atoms with van der Waals surface area (Å²) in [7, 11) is 0. The Morgan fingerprint density at radius 1 is 0.292 bits per heavy atom. The highest BCUT2D eigenvalue weighted by atomic mass is 16.6. The normalized spacial score (nSPS) is 13.4. The molecule has 72 heavy (non-hydrogen) atoms. The Bertz CT molecular complexity index is 1700. The van der Waals surface area contributed by atoms with Crippen LogP contribution in [0.25, 0.3) is 0 Å². The molecule has 0 aromatic heterocycles. The summed E-state index contributed by atoms with van der Waals surface area (Å²) in [6.07, 6.45) is 86.1. The molecule has 0 saturated heterocycles. The smallest absolute Gasteiger partial charge is 0.306 e. The van der Waals surface area contributed by atoms with Gasteiger partial charge in [0.05, 0.1) is 0 Å². The zero-order valence-electron chi connectivity index (χ0n) is 45.6. The van der Waals surface area contributed by atoms with Crippen LogP contribution in [0.1, 0.15) is 207 Å². The third-order valence-corrected chi connectivity index (χ3v) is 11.4. The minimum Gasteiger partial charge on any atom is -0.462 e. The summed E-state index contributed by atoms with van der Waals surface area (Å²) in [5, 5.41) is 0. The lowest BCUT2D eigenvalue weighted by atomic mass is 10.0. The van der Waals surface area contributed by atoms with Crippen LogP contribution in [0.2, 0.25) is 0 Å². The van der Waals surface area contributed by atoms with E-state index in [2.05, 4.69) is 45.1 Å². The molecular formula is C66H100O6.